The van der Waals surface area contributed by atoms with Crippen LogP contribution >= 0.6 is 0 Å². The van der Waals surface area contributed by atoms with Gasteiger partial charge in [0.25, 0.3) is 0 Å². The summed E-state index contributed by atoms with van der Waals surface area (Å²) in [7, 11) is -3.97. The molecule has 0 radical (unpaired) electrons. The molecule has 0 saturated heterocycles. The number of nitrogens with one attached hydrogen (secondary N) is 1. The summed E-state index contributed by atoms with van der Waals surface area (Å²) in [6.45, 7) is 3.01. The van der Waals surface area contributed by atoms with Crippen molar-refractivity contribution in [1.29, 1.82) is 0 Å². The van der Waals surface area contributed by atoms with Crippen LogP contribution < -0.4 is 4.74 Å². The Hall–Kier alpha value is -3.79. The predicted molar refractivity (Wildman–Crippen MR) is 118 cm³/mol. The fourth-order valence-electron chi connectivity index (χ4n) is 3.63. The van der Waals surface area contributed by atoms with E-state index in [0.29, 0.717) is 10.9 Å². The first kappa shape index (κ1) is 23.4. The minimum absolute atomic E-state index is 0.0375. The molecular weight excluding hydrogens is 471 g/mol. The number of aryl methyl sites for hydroxylation is 2. The summed E-state index contributed by atoms with van der Waals surface area (Å²) in [4.78, 5) is 13.7. The fourth-order valence-corrected chi connectivity index (χ4v) is 5.06. The molecule has 0 saturated carbocycles. The number of aromatic amines is 1. The van der Waals surface area contributed by atoms with E-state index in [1.165, 1.54) is 38.2 Å². The molecule has 0 aliphatic rings. The number of sulfone groups is 1. The molecule has 10 heteroatoms. The number of aliphatic carboxylic acids is 1. The van der Waals surface area contributed by atoms with Crippen LogP contribution in [0.3, 0.4) is 0 Å². The van der Waals surface area contributed by atoms with Crippen molar-refractivity contribution in [2.45, 2.75) is 29.6 Å². The summed E-state index contributed by atoms with van der Waals surface area (Å²) < 4.78 is 73.2. The van der Waals surface area contributed by atoms with E-state index < -0.39 is 33.1 Å². The minimum atomic E-state index is -4.05. The van der Waals surface area contributed by atoms with Crippen molar-refractivity contribution in [2.24, 2.45) is 0 Å². The smallest absolute Gasteiger partial charge is 0.379 e. The van der Waals surface area contributed by atoms with Crippen LogP contribution in [0.4, 0.5) is 13.2 Å². The van der Waals surface area contributed by atoms with Crippen LogP contribution in [0.5, 0.6) is 11.5 Å². The number of fused-ring (bicyclic) bond motifs is 1. The number of carboxylic acid groups (broad SMARTS) is 1. The van der Waals surface area contributed by atoms with Gasteiger partial charge in [-0.3, -0.25) is 0 Å². The van der Waals surface area contributed by atoms with Crippen molar-refractivity contribution in [2.75, 3.05) is 0 Å². The number of rotatable bonds is 6. The largest absolute Gasteiger partial charge is 0.477 e. The monoisotopic (exact) mass is 489 g/mol. The van der Waals surface area contributed by atoms with Crippen molar-refractivity contribution >= 4 is 26.7 Å². The molecule has 0 amide bonds. The molecule has 0 aliphatic carbocycles. The highest BCUT2D eigenvalue weighted by Crippen LogP contribution is 2.37. The molecule has 3 aromatic carbocycles. The first-order chi connectivity index (χ1) is 15.9. The highest BCUT2D eigenvalue weighted by atomic mass is 32.2. The number of halogens is 3. The molecule has 4 rings (SSSR count). The molecule has 0 atom stereocenters. The second-order valence-electron chi connectivity index (χ2n) is 7.74. The molecule has 0 unspecified atom stereocenters. The first-order valence-electron chi connectivity index (χ1n) is 9.94. The van der Waals surface area contributed by atoms with Crippen molar-refractivity contribution < 1.29 is 36.2 Å². The van der Waals surface area contributed by atoms with Gasteiger partial charge in [0, 0.05) is 22.7 Å². The number of aromatic nitrogens is 1. The summed E-state index contributed by atoms with van der Waals surface area (Å²) in [5, 5.41) is 9.12. The van der Waals surface area contributed by atoms with E-state index in [2.05, 4.69) is 4.98 Å². The Bertz CT molecular complexity index is 1500. The number of carbonyl (C=O) groups is 1. The van der Waals surface area contributed by atoms with E-state index in [9.17, 15) is 26.4 Å². The van der Waals surface area contributed by atoms with Crippen molar-refractivity contribution in [3.05, 3.63) is 83.3 Å². The highest BCUT2D eigenvalue weighted by molar-refractivity contribution is 7.91. The summed E-state index contributed by atoms with van der Waals surface area (Å²) in [6.07, 6.45) is 1.33. The summed E-state index contributed by atoms with van der Waals surface area (Å²) in [6, 6.07) is 11.2. The van der Waals surface area contributed by atoms with Gasteiger partial charge in [0.2, 0.25) is 9.84 Å². The van der Waals surface area contributed by atoms with Crippen LogP contribution in [0.1, 0.15) is 16.7 Å². The summed E-state index contributed by atoms with van der Waals surface area (Å²) in [5.41, 5.74) is 0.405. The SMILES string of the molecule is Cc1cc(C(F)(F)C(=O)O)cc(C)c1Oc1ccc2[nH]cc(S(=O)(=O)c3ccc(F)cc3)c2c1. The van der Waals surface area contributed by atoms with Gasteiger partial charge in [-0.2, -0.15) is 8.78 Å². The third-order valence-corrected chi connectivity index (χ3v) is 7.15. The highest BCUT2D eigenvalue weighted by Gasteiger charge is 2.41. The summed E-state index contributed by atoms with van der Waals surface area (Å²) in [5.74, 6) is -6.39. The normalized spacial score (nSPS) is 12.1. The van der Waals surface area contributed by atoms with E-state index >= 15 is 0 Å². The maximum absolute atomic E-state index is 13.9. The number of hydrogen-bond acceptors (Lipinski definition) is 4. The Morgan fingerprint density at radius 3 is 2.21 bits per heavy atom. The molecule has 1 heterocycles. The van der Waals surface area contributed by atoms with Crippen LogP contribution in [0.25, 0.3) is 10.9 Å². The lowest BCUT2D eigenvalue weighted by Crippen LogP contribution is -2.25. The number of hydrogen-bond donors (Lipinski definition) is 2. The lowest BCUT2D eigenvalue weighted by molar-refractivity contribution is -0.166. The Labute approximate surface area is 192 Å². The second kappa shape index (κ2) is 8.21. The zero-order valence-corrected chi connectivity index (χ0v) is 18.7. The molecule has 6 nitrogen and oxygen atoms in total. The second-order valence-corrected chi connectivity index (χ2v) is 9.66. The maximum Gasteiger partial charge on any atom is 0.379 e. The van der Waals surface area contributed by atoms with Gasteiger partial charge < -0.3 is 14.8 Å². The Morgan fingerprint density at radius 2 is 1.62 bits per heavy atom. The molecule has 0 bridgehead atoms. The van der Waals surface area contributed by atoms with Crippen LogP contribution in [-0.4, -0.2) is 24.5 Å². The zero-order valence-electron chi connectivity index (χ0n) is 17.9. The van der Waals surface area contributed by atoms with Gasteiger partial charge in [0.1, 0.15) is 17.3 Å². The quantitative estimate of drug-likeness (QED) is 0.338. The van der Waals surface area contributed by atoms with Gasteiger partial charge in [0.15, 0.2) is 0 Å². The molecule has 176 valence electrons. The van der Waals surface area contributed by atoms with E-state index in [-0.39, 0.29) is 32.4 Å². The third kappa shape index (κ3) is 4.01. The van der Waals surface area contributed by atoms with E-state index in [4.69, 9.17) is 9.84 Å². The first-order valence-corrected chi connectivity index (χ1v) is 11.4. The topological polar surface area (TPSA) is 96.5 Å². The van der Waals surface area contributed by atoms with Gasteiger partial charge >= 0.3 is 11.9 Å². The number of carboxylic acids is 1. The van der Waals surface area contributed by atoms with Gasteiger partial charge in [-0.05, 0) is 79.6 Å². The predicted octanol–water partition coefficient (Wildman–Crippen LogP) is 5.73. The standard InChI is InChI=1S/C24H18F3NO5S/c1-13-9-15(24(26,27)23(29)30)10-14(2)22(13)33-17-5-8-20-19(11-17)21(12-28-20)34(31,32)18-6-3-16(25)4-7-18/h3-12,28H,1-2H3,(H,29,30). The van der Waals surface area contributed by atoms with Crippen LogP contribution in [0, 0.1) is 19.7 Å². The average molecular weight is 489 g/mol. The Kier molecular flexibility index (Phi) is 5.64. The fraction of sp³-hybridized carbons (Fsp3) is 0.125. The third-order valence-electron chi connectivity index (χ3n) is 5.34. The number of ether oxygens (including phenoxy) is 1. The molecule has 4 aromatic rings. The molecule has 1 aromatic heterocycles. The minimum Gasteiger partial charge on any atom is -0.477 e. The molecule has 0 fully saturated rings. The Balaban J connectivity index is 1.74. The molecule has 2 N–H and O–H groups in total. The zero-order chi connectivity index (χ0) is 24.8. The number of benzene rings is 3. The van der Waals surface area contributed by atoms with Crippen LogP contribution in [0.2, 0.25) is 0 Å². The maximum atomic E-state index is 13.9. The van der Waals surface area contributed by atoms with E-state index in [1.54, 1.807) is 12.1 Å². The summed E-state index contributed by atoms with van der Waals surface area (Å²) >= 11 is 0. The van der Waals surface area contributed by atoms with E-state index in [0.717, 1.165) is 24.3 Å². The van der Waals surface area contributed by atoms with Crippen molar-refractivity contribution in [1.82, 2.24) is 4.98 Å². The van der Waals surface area contributed by atoms with Crippen molar-refractivity contribution in [3.63, 3.8) is 0 Å². The number of alkyl halides is 2. The molecule has 0 aliphatic heterocycles. The average Bonchev–Trinajstić information content (AvgIpc) is 3.20. The van der Waals surface area contributed by atoms with E-state index in [1.807, 2.05) is 0 Å². The van der Waals surface area contributed by atoms with Crippen LogP contribution in [-0.2, 0) is 20.6 Å². The lowest BCUT2D eigenvalue weighted by Gasteiger charge is -2.17. The van der Waals surface area contributed by atoms with Gasteiger partial charge in [-0.15, -0.1) is 0 Å². The van der Waals surface area contributed by atoms with Gasteiger partial charge in [-0.25, -0.2) is 17.6 Å². The molecule has 0 spiro atoms. The lowest BCUT2D eigenvalue weighted by atomic mass is 10.0. The number of H-pyrrole nitrogens is 1. The van der Waals surface area contributed by atoms with Gasteiger partial charge in [0.05, 0.1) is 9.79 Å². The Morgan fingerprint density at radius 1 is 1.00 bits per heavy atom. The molecule has 34 heavy (non-hydrogen) atoms. The van der Waals surface area contributed by atoms with Gasteiger partial charge in [-0.1, -0.05) is 0 Å². The van der Waals surface area contributed by atoms with Crippen molar-refractivity contribution in [3.8, 4) is 11.5 Å². The molecular formula is C24H18F3NO5S. The van der Waals surface area contributed by atoms with Crippen LogP contribution in [0.15, 0.2) is 70.6 Å².